The number of nitrogens with zero attached hydrogens (tertiary/aromatic N) is 1. The summed E-state index contributed by atoms with van der Waals surface area (Å²) in [5.41, 5.74) is 0.603. The van der Waals surface area contributed by atoms with Crippen LogP contribution in [-0.2, 0) is 32.0 Å². The Morgan fingerprint density at radius 2 is 1.80 bits per heavy atom. The lowest BCUT2D eigenvalue weighted by molar-refractivity contribution is -0.146. The molecule has 5 heteroatoms. The monoisotopic (exact) mass is 477 g/mol. The van der Waals surface area contributed by atoms with Crippen LogP contribution in [0, 0.1) is 17.8 Å². The minimum atomic E-state index is -1.02. The van der Waals surface area contributed by atoms with Gasteiger partial charge in [0.25, 0.3) is 0 Å². The van der Waals surface area contributed by atoms with Gasteiger partial charge in [-0.05, 0) is 44.2 Å². The minimum absolute atomic E-state index is 0.0297. The molecule has 1 amide bonds. The molecule has 1 aliphatic carbocycles. The second-order valence-corrected chi connectivity index (χ2v) is 12.1. The van der Waals surface area contributed by atoms with Crippen molar-refractivity contribution in [2.45, 2.75) is 102 Å². The molecule has 1 saturated carbocycles. The van der Waals surface area contributed by atoms with Gasteiger partial charge in [0, 0.05) is 18.4 Å². The fourth-order valence-corrected chi connectivity index (χ4v) is 7.10. The van der Waals surface area contributed by atoms with Crippen LogP contribution < -0.4 is 0 Å². The minimum Gasteiger partial charge on any atom is -0.359 e. The van der Waals surface area contributed by atoms with E-state index in [4.69, 9.17) is 4.74 Å². The maximum absolute atomic E-state index is 14.0. The number of ketones is 2. The lowest BCUT2D eigenvalue weighted by Gasteiger charge is -2.40. The molecule has 5 rings (SSSR count). The largest absolute Gasteiger partial charge is 0.359 e. The highest BCUT2D eigenvalue weighted by molar-refractivity contribution is 6.01. The van der Waals surface area contributed by atoms with Gasteiger partial charge < -0.3 is 9.64 Å². The van der Waals surface area contributed by atoms with Crippen LogP contribution in [0.1, 0.15) is 77.3 Å². The van der Waals surface area contributed by atoms with Crippen LogP contribution in [0.3, 0.4) is 0 Å². The van der Waals surface area contributed by atoms with Gasteiger partial charge >= 0.3 is 0 Å². The SMILES string of the molecule is CCc1cccc(CC(=O)C2C3C=CC4(O3)C2C(=O)N(C(C)(C)C)C4C(=O)CC2CCCCC2)c1. The number of hydrogen-bond acceptors (Lipinski definition) is 4. The predicted octanol–water partition coefficient (Wildman–Crippen LogP) is 4.85. The van der Waals surface area contributed by atoms with E-state index < -0.39 is 35.1 Å². The number of aryl methyl sites for hydroxylation is 1. The topological polar surface area (TPSA) is 63.7 Å². The molecule has 35 heavy (non-hydrogen) atoms. The lowest BCUT2D eigenvalue weighted by atomic mass is 9.71. The Hall–Kier alpha value is -2.27. The molecule has 0 radical (unpaired) electrons. The van der Waals surface area contributed by atoms with E-state index >= 15 is 0 Å². The fraction of sp³-hybridized carbons (Fsp3) is 0.633. The molecule has 2 bridgehead atoms. The Bertz CT molecular complexity index is 1050. The van der Waals surface area contributed by atoms with Crippen molar-refractivity contribution in [3.63, 3.8) is 0 Å². The number of hydrogen-bond donors (Lipinski definition) is 0. The first-order valence-corrected chi connectivity index (χ1v) is 13.5. The van der Waals surface area contributed by atoms with E-state index in [-0.39, 0.29) is 23.9 Å². The second kappa shape index (κ2) is 8.99. The summed E-state index contributed by atoms with van der Waals surface area (Å²) >= 11 is 0. The molecule has 4 aliphatic rings. The van der Waals surface area contributed by atoms with Crippen molar-refractivity contribution in [3.05, 3.63) is 47.5 Å². The van der Waals surface area contributed by atoms with Crippen molar-refractivity contribution < 1.29 is 19.1 Å². The third kappa shape index (κ3) is 4.10. The third-order valence-electron chi connectivity index (χ3n) is 8.67. The van der Waals surface area contributed by atoms with Gasteiger partial charge in [-0.2, -0.15) is 0 Å². The van der Waals surface area contributed by atoms with Crippen LogP contribution in [0.2, 0.25) is 0 Å². The number of amides is 1. The molecule has 1 aromatic rings. The van der Waals surface area contributed by atoms with Crippen LogP contribution in [0.25, 0.3) is 0 Å². The van der Waals surface area contributed by atoms with Crippen molar-refractivity contribution in [1.29, 1.82) is 0 Å². The molecule has 5 atom stereocenters. The summed E-state index contributed by atoms with van der Waals surface area (Å²) in [5.74, 6) is -0.769. The Kier molecular flexibility index (Phi) is 6.27. The number of likely N-dealkylation sites (tertiary alicyclic amines) is 1. The Balaban J connectivity index is 1.45. The summed E-state index contributed by atoms with van der Waals surface area (Å²) in [4.78, 5) is 43.3. The van der Waals surface area contributed by atoms with Gasteiger partial charge in [-0.15, -0.1) is 0 Å². The van der Waals surface area contributed by atoms with Crippen molar-refractivity contribution in [1.82, 2.24) is 4.90 Å². The summed E-state index contributed by atoms with van der Waals surface area (Å²) in [6, 6.07) is 7.44. The van der Waals surface area contributed by atoms with E-state index in [1.807, 2.05) is 45.1 Å². The maximum Gasteiger partial charge on any atom is 0.231 e. The number of ether oxygens (including phenoxy) is 1. The van der Waals surface area contributed by atoms with Gasteiger partial charge in [0.1, 0.15) is 17.4 Å². The van der Waals surface area contributed by atoms with Gasteiger partial charge in [0.05, 0.1) is 17.9 Å². The third-order valence-corrected chi connectivity index (χ3v) is 8.67. The Morgan fingerprint density at radius 3 is 2.49 bits per heavy atom. The molecule has 3 aliphatic heterocycles. The zero-order valence-corrected chi connectivity index (χ0v) is 21.6. The van der Waals surface area contributed by atoms with Crippen molar-refractivity contribution >= 4 is 17.5 Å². The second-order valence-electron chi connectivity index (χ2n) is 12.1. The van der Waals surface area contributed by atoms with E-state index in [0.29, 0.717) is 12.3 Å². The van der Waals surface area contributed by atoms with Crippen LogP contribution >= 0.6 is 0 Å². The Labute approximate surface area is 209 Å². The first kappa shape index (κ1) is 24.4. The molecule has 0 N–H and O–H groups in total. The number of Topliss-reactive ketones (excluding diaryl/α,β-unsaturated/α-hetero) is 2. The maximum atomic E-state index is 14.0. The average Bonchev–Trinajstić information content (AvgIpc) is 3.47. The van der Waals surface area contributed by atoms with E-state index in [1.165, 1.54) is 24.8 Å². The number of fused-ring (bicyclic) bond motifs is 1. The standard InChI is InChI=1S/C30H39NO4/c1-5-19-12-9-13-21(16-19)18-22(32)25-24-14-15-30(35-24)26(25)28(34)31(29(2,3)4)27(30)23(33)17-20-10-7-6-8-11-20/h9,12-16,20,24-27H,5-8,10-11,17-18H2,1-4H3. The smallest absolute Gasteiger partial charge is 0.231 e. The van der Waals surface area contributed by atoms with Crippen LogP contribution in [0.4, 0.5) is 0 Å². The van der Waals surface area contributed by atoms with Gasteiger partial charge in [0.2, 0.25) is 5.91 Å². The lowest BCUT2D eigenvalue weighted by Crippen LogP contribution is -2.56. The molecule has 0 aromatic heterocycles. The summed E-state index contributed by atoms with van der Waals surface area (Å²) < 4.78 is 6.50. The summed E-state index contributed by atoms with van der Waals surface area (Å²) in [5, 5.41) is 0. The molecule has 3 fully saturated rings. The van der Waals surface area contributed by atoms with Crippen molar-refractivity contribution in [3.8, 4) is 0 Å². The first-order chi connectivity index (χ1) is 16.7. The van der Waals surface area contributed by atoms with Gasteiger partial charge in [-0.1, -0.05) is 75.4 Å². The van der Waals surface area contributed by atoms with Crippen molar-refractivity contribution in [2.75, 3.05) is 0 Å². The number of carbonyl (C=O) groups excluding carboxylic acids is 3. The highest BCUT2D eigenvalue weighted by Gasteiger charge is 2.73. The van der Waals surface area contributed by atoms with Crippen LogP contribution in [-0.4, -0.2) is 45.7 Å². The van der Waals surface area contributed by atoms with Crippen LogP contribution in [0.15, 0.2) is 36.4 Å². The number of benzene rings is 1. The van der Waals surface area contributed by atoms with Crippen LogP contribution in [0.5, 0.6) is 0 Å². The van der Waals surface area contributed by atoms with E-state index in [1.54, 1.807) is 4.90 Å². The fourth-order valence-electron chi connectivity index (χ4n) is 7.10. The summed E-state index contributed by atoms with van der Waals surface area (Å²) in [6.45, 7) is 8.04. The molecular weight excluding hydrogens is 438 g/mol. The highest BCUT2D eigenvalue weighted by atomic mass is 16.5. The molecule has 2 saturated heterocycles. The molecular formula is C30H39NO4. The van der Waals surface area contributed by atoms with Gasteiger partial charge in [-0.3, -0.25) is 14.4 Å². The molecule has 1 aromatic carbocycles. The molecule has 188 valence electrons. The average molecular weight is 478 g/mol. The molecule has 5 nitrogen and oxygen atoms in total. The normalized spacial score (nSPS) is 32.3. The van der Waals surface area contributed by atoms with E-state index in [2.05, 4.69) is 19.1 Å². The zero-order valence-electron chi connectivity index (χ0n) is 21.6. The number of rotatable bonds is 7. The van der Waals surface area contributed by atoms with Gasteiger partial charge in [0.15, 0.2) is 5.78 Å². The highest BCUT2D eigenvalue weighted by Crippen LogP contribution is 2.57. The number of carbonyl (C=O) groups is 3. The predicted molar refractivity (Wildman–Crippen MR) is 135 cm³/mol. The molecule has 5 unspecified atom stereocenters. The Morgan fingerprint density at radius 1 is 1.09 bits per heavy atom. The molecule has 1 spiro atoms. The zero-order chi connectivity index (χ0) is 25.0. The quantitative estimate of drug-likeness (QED) is 0.527. The van der Waals surface area contributed by atoms with E-state index in [0.717, 1.165) is 24.8 Å². The molecule has 3 heterocycles. The van der Waals surface area contributed by atoms with Gasteiger partial charge in [-0.25, -0.2) is 0 Å². The summed E-state index contributed by atoms with van der Waals surface area (Å²) in [7, 11) is 0. The van der Waals surface area contributed by atoms with Crippen molar-refractivity contribution in [2.24, 2.45) is 17.8 Å². The van der Waals surface area contributed by atoms with E-state index in [9.17, 15) is 14.4 Å². The summed E-state index contributed by atoms with van der Waals surface area (Å²) in [6.07, 6.45) is 10.9. The first-order valence-electron chi connectivity index (χ1n) is 13.5.